The highest BCUT2D eigenvalue weighted by Crippen LogP contribution is 2.36. The van der Waals surface area contributed by atoms with Gasteiger partial charge in [-0.15, -0.1) is 0 Å². The van der Waals surface area contributed by atoms with Crippen molar-refractivity contribution >= 4 is 16.6 Å². The molecule has 0 unspecified atom stereocenters. The fraction of sp³-hybridized carbons (Fsp3) is 0.188. The molecule has 0 atom stereocenters. The minimum Gasteiger partial charge on any atom is -0.490 e. The third-order valence-electron chi connectivity index (χ3n) is 3.80. The number of hydrogen-bond acceptors (Lipinski definition) is 3. The molecule has 0 radical (unpaired) electrons. The summed E-state index contributed by atoms with van der Waals surface area (Å²) >= 11 is 0. The largest absolute Gasteiger partial charge is 0.490 e. The van der Waals surface area contributed by atoms with Gasteiger partial charge in [-0.3, -0.25) is 5.10 Å². The van der Waals surface area contributed by atoms with Crippen LogP contribution in [0.3, 0.4) is 0 Å². The molecule has 4 rings (SSSR count). The summed E-state index contributed by atoms with van der Waals surface area (Å²) in [5, 5.41) is 8.65. The maximum Gasteiger partial charge on any atom is 0.143 e. The number of hydrogen-bond donors (Lipinski definition) is 1. The molecule has 0 spiro atoms. The molecule has 2 aromatic carbocycles. The van der Waals surface area contributed by atoms with Crippen LogP contribution in [0.15, 0.2) is 42.5 Å². The SMILES string of the molecule is CN1CCOc2cc(-c3n[nH]c4ccccc34)ccc21. The quantitative estimate of drug-likeness (QED) is 0.735. The van der Waals surface area contributed by atoms with Gasteiger partial charge in [0, 0.05) is 18.0 Å². The van der Waals surface area contributed by atoms with Crippen molar-refractivity contribution in [2.24, 2.45) is 0 Å². The van der Waals surface area contributed by atoms with Crippen LogP contribution < -0.4 is 9.64 Å². The van der Waals surface area contributed by atoms with Crippen molar-refractivity contribution in [3.63, 3.8) is 0 Å². The Kier molecular flexibility index (Phi) is 2.42. The minimum atomic E-state index is 0.730. The maximum atomic E-state index is 5.76. The lowest BCUT2D eigenvalue weighted by Gasteiger charge is -2.27. The lowest BCUT2D eigenvalue weighted by Crippen LogP contribution is -2.28. The first-order chi connectivity index (χ1) is 9.83. The Labute approximate surface area is 117 Å². The van der Waals surface area contributed by atoms with E-state index in [2.05, 4.69) is 46.4 Å². The number of benzene rings is 2. The Morgan fingerprint density at radius 2 is 2.10 bits per heavy atom. The number of aromatic amines is 1. The molecule has 4 nitrogen and oxygen atoms in total. The van der Waals surface area contributed by atoms with Gasteiger partial charge < -0.3 is 9.64 Å². The second-order valence-electron chi connectivity index (χ2n) is 5.07. The number of rotatable bonds is 1. The van der Waals surface area contributed by atoms with E-state index in [1.807, 2.05) is 18.2 Å². The monoisotopic (exact) mass is 265 g/mol. The van der Waals surface area contributed by atoms with Gasteiger partial charge in [0.25, 0.3) is 0 Å². The van der Waals surface area contributed by atoms with Gasteiger partial charge in [-0.1, -0.05) is 24.3 Å². The van der Waals surface area contributed by atoms with Crippen molar-refractivity contribution in [1.82, 2.24) is 10.2 Å². The highest BCUT2D eigenvalue weighted by Gasteiger charge is 2.16. The van der Waals surface area contributed by atoms with Crippen molar-refractivity contribution in [3.8, 4) is 17.0 Å². The molecule has 2 heterocycles. The molecule has 1 N–H and O–H groups in total. The zero-order valence-electron chi connectivity index (χ0n) is 11.3. The van der Waals surface area contributed by atoms with E-state index in [4.69, 9.17) is 4.74 Å². The van der Waals surface area contributed by atoms with Crippen molar-refractivity contribution in [2.75, 3.05) is 25.1 Å². The van der Waals surface area contributed by atoms with Gasteiger partial charge in [-0.25, -0.2) is 0 Å². The van der Waals surface area contributed by atoms with E-state index < -0.39 is 0 Å². The van der Waals surface area contributed by atoms with Gasteiger partial charge in [0.2, 0.25) is 0 Å². The predicted molar refractivity (Wildman–Crippen MR) is 80.3 cm³/mol. The Balaban J connectivity index is 1.87. The summed E-state index contributed by atoms with van der Waals surface area (Å²) in [6, 6.07) is 14.4. The average Bonchev–Trinajstić information content (AvgIpc) is 2.91. The molecule has 20 heavy (non-hydrogen) atoms. The van der Waals surface area contributed by atoms with Gasteiger partial charge in [0.1, 0.15) is 18.1 Å². The molecule has 1 aromatic heterocycles. The fourth-order valence-electron chi connectivity index (χ4n) is 2.69. The van der Waals surface area contributed by atoms with Gasteiger partial charge >= 0.3 is 0 Å². The Morgan fingerprint density at radius 3 is 3.05 bits per heavy atom. The van der Waals surface area contributed by atoms with Crippen molar-refractivity contribution in [3.05, 3.63) is 42.5 Å². The van der Waals surface area contributed by atoms with E-state index in [1.165, 1.54) is 0 Å². The average molecular weight is 265 g/mol. The van der Waals surface area contributed by atoms with Crippen LogP contribution in [0.1, 0.15) is 0 Å². The third kappa shape index (κ3) is 1.65. The highest BCUT2D eigenvalue weighted by atomic mass is 16.5. The molecule has 1 aliphatic heterocycles. The van der Waals surface area contributed by atoms with Crippen molar-refractivity contribution < 1.29 is 4.74 Å². The summed E-state index contributed by atoms with van der Waals surface area (Å²) in [5.41, 5.74) is 4.25. The molecule has 100 valence electrons. The number of aromatic nitrogens is 2. The lowest BCUT2D eigenvalue weighted by molar-refractivity contribution is 0.311. The standard InChI is InChI=1S/C16H15N3O/c1-19-8-9-20-15-10-11(6-7-14(15)19)16-12-4-2-3-5-13(12)17-18-16/h2-7,10H,8-9H2,1H3,(H,17,18). The number of nitrogens with zero attached hydrogens (tertiary/aromatic N) is 2. The summed E-state index contributed by atoms with van der Waals surface area (Å²) in [4.78, 5) is 2.21. The van der Waals surface area contributed by atoms with Crippen molar-refractivity contribution in [1.29, 1.82) is 0 Å². The highest BCUT2D eigenvalue weighted by molar-refractivity contribution is 5.93. The lowest BCUT2D eigenvalue weighted by atomic mass is 10.1. The molecule has 0 amide bonds. The fourth-order valence-corrected chi connectivity index (χ4v) is 2.69. The summed E-state index contributed by atoms with van der Waals surface area (Å²) in [6.45, 7) is 1.66. The number of ether oxygens (including phenoxy) is 1. The van der Waals surface area contributed by atoms with Crippen LogP contribution in [0, 0.1) is 0 Å². The van der Waals surface area contributed by atoms with Gasteiger partial charge in [0.15, 0.2) is 0 Å². The summed E-state index contributed by atoms with van der Waals surface area (Å²) in [7, 11) is 2.09. The molecular formula is C16H15N3O. The molecule has 0 fully saturated rings. The number of fused-ring (bicyclic) bond motifs is 2. The van der Waals surface area contributed by atoms with Crippen LogP contribution in [0.25, 0.3) is 22.2 Å². The molecular weight excluding hydrogens is 250 g/mol. The van der Waals surface area contributed by atoms with E-state index in [-0.39, 0.29) is 0 Å². The first kappa shape index (κ1) is 11.3. The van der Waals surface area contributed by atoms with E-state index in [0.717, 1.165) is 46.7 Å². The van der Waals surface area contributed by atoms with Crippen LogP contribution in [0.2, 0.25) is 0 Å². The van der Waals surface area contributed by atoms with E-state index in [1.54, 1.807) is 0 Å². The second kappa shape index (κ2) is 4.27. The minimum absolute atomic E-state index is 0.730. The molecule has 0 bridgehead atoms. The Hall–Kier alpha value is -2.49. The number of likely N-dealkylation sites (N-methyl/N-ethyl adjacent to an activating group) is 1. The van der Waals surface area contributed by atoms with Crippen LogP contribution >= 0.6 is 0 Å². The second-order valence-corrected chi connectivity index (χ2v) is 5.07. The number of nitrogens with one attached hydrogen (secondary N) is 1. The zero-order valence-corrected chi connectivity index (χ0v) is 11.3. The molecule has 0 saturated carbocycles. The zero-order chi connectivity index (χ0) is 13.5. The maximum absolute atomic E-state index is 5.76. The number of anilines is 1. The Bertz CT molecular complexity index is 778. The third-order valence-corrected chi connectivity index (χ3v) is 3.80. The number of para-hydroxylation sites is 1. The van der Waals surface area contributed by atoms with Gasteiger partial charge in [-0.2, -0.15) is 5.10 Å². The van der Waals surface area contributed by atoms with Crippen LogP contribution in [0.5, 0.6) is 5.75 Å². The van der Waals surface area contributed by atoms with E-state index in [0.29, 0.717) is 0 Å². The predicted octanol–water partition coefficient (Wildman–Crippen LogP) is 3.06. The molecule has 1 aliphatic rings. The van der Waals surface area contributed by atoms with Crippen molar-refractivity contribution in [2.45, 2.75) is 0 Å². The molecule has 0 aliphatic carbocycles. The normalized spacial score (nSPS) is 14.2. The molecule has 4 heteroatoms. The summed E-state index contributed by atoms with van der Waals surface area (Å²) in [5.74, 6) is 0.934. The first-order valence-corrected chi connectivity index (χ1v) is 6.74. The van der Waals surface area contributed by atoms with E-state index in [9.17, 15) is 0 Å². The van der Waals surface area contributed by atoms with Crippen LogP contribution in [-0.2, 0) is 0 Å². The Morgan fingerprint density at radius 1 is 1.20 bits per heavy atom. The summed E-state index contributed by atoms with van der Waals surface area (Å²) < 4.78 is 5.76. The molecule has 0 saturated heterocycles. The van der Waals surface area contributed by atoms with Crippen LogP contribution in [-0.4, -0.2) is 30.4 Å². The summed E-state index contributed by atoms with van der Waals surface area (Å²) in [6.07, 6.45) is 0. The smallest absolute Gasteiger partial charge is 0.143 e. The van der Waals surface area contributed by atoms with Gasteiger partial charge in [-0.05, 0) is 18.2 Å². The first-order valence-electron chi connectivity index (χ1n) is 6.74. The van der Waals surface area contributed by atoms with Crippen LogP contribution in [0.4, 0.5) is 5.69 Å². The topological polar surface area (TPSA) is 41.1 Å². The molecule has 3 aromatic rings. The number of H-pyrrole nitrogens is 1. The van der Waals surface area contributed by atoms with Gasteiger partial charge in [0.05, 0.1) is 17.7 Å². The van der Waals surface area contributed by atoms with E-state index >= 15 is 0 Å².